The molecule has 0 saturated heterocycles. The number of hydrogen-bond donors (Lipinski definition) is 1. The molecule has 0 aliphatic rings. The molecule has 7 nitrogen and oxygen atoms in total. The highest BCUT2D eigenvalue weighted by molar-refractivity contribution is 5.99. The second-order valence-corrected chi connectivity index (χ2v) is 7.33. The molecule has 2 aromatic rings. The molecule has 158 valence electrons. The van der Waals surface area contributed by atoms with Gasteiger partial charge in [-0.25, -0.2) is 0 Å². The van der Waals surface area contributed by atoms with Gasteiger partial charge >= 0.3 is 0 Å². The van der Waals surface area contributed by atoms with Gasteiger partial charge in [0.15, 0.2) is 5.78 Å². The molecule has 0 spiro atoms. The zero-order valence-corrected chi connectivity index (χ0v) is 18.1. The highest BCUT2D eigenvalue weighted by Crippen LogP contribution is 2.21. The van der Waals surface area contributed by atoms with Crippen LogP contribution in [0.5, 0.6) is 5.75 Å². The number of aryl methyl sites for hydroxylation is 1. The van der Waals surface area contributed by atoms with Crippen LogP contribution < -0.4 is 10.1 Å². The number of methoxy groups -OCH3 is 2. The maximum atomic E-state index is 12.8. The van der Waals surface area contributed by atoms with Crippen LogP contribution in [0.1, 0.15) is 34.7 Å². The molecule has 1 aromatic carbocycles. The van der Waals surface area contributed by atoms with Crippen molar-refractivity contribution in [2.24, 2.45) is 0 Å². The summed E-state index contributed by atoms with van der Waals surface area (Å²) >= 11 is 0. The molecule has 7 heteroatoms. The van der Waals surface area contributed by atoms with E-state index in [1.165, 1.54) is 0 Å². The molecular formula is C22H31N3O4. The second-order valence-electron chi connectivity index (χ2n) is 7.33. The van der Waals surface area contributed by atoms with Gasteiger partial charge in [-0.1, -0.05) is 0 Å². The van der Waals surface area contributed by atoms with E-state index < -0.39 is 0 Å². The van der Waals surface area contributed by atoms with Gasteiger partial charge in [-0.15, -0.1) is 0 Å². The molecule has 0 radical (unpaired) electrons. The third-order valence-electron chi connectivity index (χ3n) is 4.83. The number of amides is 1. The Kier molecular flexibility index (Phi) is 7.99. The van der Waals surface area contributed by atoms with Crippen LogP contribution in [0.4, 0.5) is 5.69 Å². The fourth-order valence-corrected chi connectivity index (χ4v) is 3.56. The van der Waals surface area contributed by atoms with Gasteiger partial charge in [0.25, 0.3) is 0 Å². The highest BCUT2D eigenvalue weighted by atomic mass is 16.5. The lowest BCUT2D eigenvalue weighted by atomic mass is 10.1. The first-order chi connectivity index (χ1) is 13.8. The number of nitrogens with zero attached hydrogens (tertiary/aromatic N) is 2. The van der Waals surface area contributed by atoms with Gasteiger partial charge in [0.2, 0.25) is 5.91 Å². The Morgan fingerprint density at radius 1 is 1.14 bits per heavy atom. The number of aromatic nitrogens is 1. The van der Waals surface area contributed by atoms with E-state index >= 15 is 0 Å². The third-order valence-corrected chi connectivity index (χ3v) is 4.83. The van der Waals surface area contributed by atoms with E-state index in [2.05, 4.69) is 16.8 Å². The Hall–Kier alpha value is -2.64. The van der Waals surface area contributed by atoms with Crippen molar-refractivity contribution in [2.45, 2.75) is 26.8 Å². The molecule has 1 atom stereocenters. The van der Waals surface area contributed by atoms with Crippen molar-refractivity contribution < 1.29 is 19.1 Å². The fourth-order valence-electron chi connectivity index (χ4n) is 3.56. The molecule has 1 aromatic heterocycles. The summed E-state index contributed by atoms with van der Waals surface area (Å²) in [5.41, 5.74) is 3.32. The smallest absolute Gasteiger partial charge is 0.238 e. The summed E-state index contributed by atoms with van der Waals surface area (Å²) in [6, 6.07) is 9.17. The summed E-state index contributed by atoms with van der Waals surface area (Å²) in [6.07, 6.45) is 0. The first-order valence-corrected chi connectivity index (χ1v) is 9.59. The number of ether oxygens (including phenoxy) is 2. The summed E-state index contributed by atoms with van der Waals surface area (Å²) in [5, 5.41) is 2.83. The molecule has 0 unspecified atom stereocenters. The SMILES string of the molecule is COC[C@@H](C)n1c(C)cc(C(=O)CN(C)CC(=O)Nc2ccc(OC)cc2)c1C. The average Bonchev–Trinajstić information content (AvgIpc) is 2.96. The lowest BCUT2D eigenvalue weighted by molar-refractivity contribution is -0.116. The number of Topliss-reactive ketones (excluding diaryl/α,β-unsaturated/α-hetero) is 1. The van der Waals surface area contributed by atoms with Gasteiger partial charge < -0.3 is 19.4 Å². The van der Waals surface area contributed by atoms with E-state index in [1.54, 1.807) is 50.4 Å². The maximum Gasteiger partial charge on any atom is 0.238 e. The van der Waals surface area contributed by atoms with E-state index in [-0.39, 0.29) is 30.8 Å². The van der Waals surface area contributed by atoms with E-state index in [0.717, 1.165) is 17.1 Å². The number of hydrogen-bond acceptors (Lipinski definition) is 5. The fraction of sp³-hybridized carbons (Fsp3) is 0.455. The zero-order valence-electron chi connectivity index (χ0n) is 18.1. The van der Waals surface area contributed by atoms with Crippen molar-refractivity contribution in [3.05, 3.63) is 47.3 Å². The average molecular weight is 402 g/mol. The predicted molar refractivity (Wildman–Crippen MR) is 114 cm³/mol. The van der Waals surface area contributed by atoms with Crippen LogP contribution in [0.2, 0.25) is 0 Å². The van der Waals surface area contributed by atoms with E-state index in [9.17, 15) is 9.59 Å². The first-order valence-electron chi connectivity index (χ1n) is 9.59. The van der Waals surface area contributed by atoms with Crippen LogP contribution in [-0.2, 0) is 9.53 Å². The zero-order chi connectivity index (χ0) is 21.6. The maximum absolute atomic E-state index is 12.8. The number of likely N-dealkylation sites (N-methyl/N-ethyl adjacent to an activating group) is 1. The van der Waals surface area contributed by atoms with E-state index in [1.807, 2.05) is 19.9 Å². The highest BCUT2D eigenvalue weighted by Gasteiger charge is 2.20. The summed E-state index contributed by atoms with van der Waals surface area (Å²) in [7, 11) is 5.02. The van der Waals surface area contributed by atoms with Crippen LogP contribution in [0.3, 0.4) is 0 Å². The molecule has 0 bridgehead atoms. The minimum absolute atomic E-state index is 0.00582. The monoisotopic (exact) mass is 401 g/mol. The van der Waals surface area contributed by atoms with Crippen LogP contribution in [-0.4, -0.2) is 62.1 Å². The Balaban J connectivity index is 1.96. The quantitative estimate of drug-likeness (QED) is 0.620. The minimum Gasteiger partial charge on any atom is -0.497 e. The van der Waals surface area contributed by atoms with Gasteiger partial charge in [-0.2, -0.15) is 0 Å². The van der Waals surface area contributed by atoms with Crippen molar-refractivity contribution in [1.29, 1.82) is 0 Å². The molecular weight excluding hydrogens is 370 g/mol. The third kappa shape index (κ3) is 5.92. The van der Waals surface area contributed by atoms with Gasteiger partial charge in [-0.05, 0) is 58.2 Å². The molecule has 2 rings (SSSR count). The van der Waals surface area contributed by atoms with E-state index in [0.29, 0.717) is 17.9 Å². The number of carbonyl (C=O) groups is 2. The lowest BCUT2D eigenvalue weighted by Gasteiger charge is -2.18. The Morgan fingerprint density at radius 3 is 2.38 bits per heavy atom. The molecule has 29 heavy (non-hydrogen) atoms. The summed E-state index contributed by atoms with van der Waals surface area (Å²) in [5.74, 6) is 0.543. The largest absolute Gasteiger partial charge is 0.497 e. The van der Waals surface area contributed by atoms with Crippen molar-refractivity contribution >= 4 is 17.4 Å². The molecule has 0 aliphatic heterocycles. The molecule has 0 aliphatic carbocycles. The minimum atomic E-state index is -0.176. The van der Waals surface area contributed by atoms with Gasteiger partial charge in [0, 0.05) is 29.7 Å². The Morgan fingerprint density at radius 2 is 1.79 bits per heavy atom. The van der Waals surface area contributed by atoms with Crippen LogP contribution in [0.25, 0.3) is 0 Å². The summed E-state index contributed by atoms with van der Waals surface area (Å²) in [6.45, 7) is 6.86. The second kappa shape index (κ2) is 10.2. The molecule has 1 amide bonds. The standard InChI is InChI=1S/C22H31N3O4/c1-15-11-20(17(3)25(15)16(2)14-28-5)21(26)12-24(4)13-22(27)23-18-7-9-19(29-6)10-8-18/h7-11,16H,12-14H2,1-6H3,(H,23,27)/t16-/m1/s1. The number of anilines is 1. The van der Waals surface area contributed by atoms with Crippen molar-refractivity contribution in [3.63, 3.8) is 0 Å². The van der Waals surface area contributed by atoms with Crippen molar-refractivity contribution in [1.82, 2.24) is 9.47 Å². The van der Waals surface area contributed by atoms with Crippen LogP contribution in [0, 0.1) is 13.8 Å². The summed E-state index contributed by atoms with van der Waals surface area (Å²) in [4.78, 5) is 26.8. The molecule has 0 saturated carbocycles. The normalized spacial score (nSPS) is 12.1. The number of carbonyl (C=O) groups excluding carboxylic acids is 2. The van der Waals surface area contributed by atoms with Gasteiger partial charge in [0.1, 0.15) is 5.75 Å². The topological polar surface area (TPSA) is 72.8 Å². The van der Waals surface area contributed by atoms with Gasteiger partial charge in [0.05, 0.1) is 32.8 Å². The first kappa shape index (κ1) is 22.6. The number of ketones is 1. The van der Waals surface area contributed by atoms with Crippen LogP contribution in [0.15, 0.2) is 30.3 Å². The number of nitrogens with one attached hydrogen (secondary N) is 1. The molecule has 0 fully saturated rings. The lowest BCUT2D eigenvalue weighted by Crippen LogP contribution is -2.34. The Labute approximate surface area is 172 Å². The van der Waals surface area contributed by atoms with Crippen LogP contribution >= 0.6 is 0 Å². The van der Waals surface area contributed by atoms with E-state index in [4.69, 9.17) is 9.47 Å². The molecule has 1 N–H and O–H groups in total. The van der Waals surface area contributed by atoms with Crippen molar-refractivity contribution in [2.75, 3.05) is 46.3 Å². The molecule has 1 heterocycles. The number of rotatable bonds is 10. The number of benzene rings is 1. The Bertz CT molecular complexity index is 842. The van der Waals surface area contributed by atoms with Crippen molar-refractivity contribution in [3.8, 4) is 5.75 Å². The summed E-state index contributed by atoms with van der Waals surface area (Å²) < 4.78 is 12.5. The predicted octanol–water partition coefficient (Wildman–Crippen LogP) is 3.07. The van der Waals surface area contributed by atoms with Gasteiger partial charge in [-0.3, -0.25) is 14.5 Å².